The number of ether oxygens (including phenoxy) is 1. The quantitative estimate of drug-likeness (QED) is 0.560. The van der Waals surface area contributed by atoms with Crippen molar-refractivity contribution in [2.45, 2.75) is 56.2 Å². The summed E-state index contributed by atoms with van der Waals surface area (Å²) in [7, 11) is 1.36. The van der Waals surface area contributed by atoms with Crippen molar-refractivity contribution < 1.29 is 14.3 Å². The van der Waals surface area contributed by atoms with E-state index >= 15 is 0 Å². The highest BCUT2D eigenvalue weighted by atomic mass is 79.9. The number of esters is 1. The number of methoxy groups -OCH3 is 1. The monoisotopic (exact) mass is 419 g/mol. The van der Waals surface area contributed by atoms with Crippen molar-refractivity contribution in [1.82, 2.24) is 0 Å². The SMILES string of the molecule is COC(=O)c1ccc(C)c(NC(=O)CC23CC4CC(CC(Br)(C4)C2)C3)c1. The smallest absolute Gasteiger partial charge is 0.337 e. The Hall–Kier alpha value is -1.36. The fraction of sp³-hybridized carbons (Fsp3) is 0.619. The van der Waals surface area contributed by atoms with Crippen LogP contribution in [0, 0.1) is 24.2 Å². The van der Waals surface area contributed by atoms with E-state index in [0.717, 1.165) is 23.8 Å². The van der Waals surface area contributed by atoms with Gasteiger partial charge in [0, 0.05) is 16.4 Å². The van der Waals surface area contributed by atoms with Crippen LogP contribution in [0.5, 0.6) is 0 Å². The summed E-state index contributed by atoms with van der Waals surface area (Å²) in [6.45, 7) is 1.94. The maximum atomic E-state index is 12.9. The maximum absolute atomic E-state index is 12.9. The molecule has 2 unspecified atom stereocenters. The summed E-state index contributed by atoms with van der Waals surface area (Å²) in [6, 6.07) is 5.29. The number of amides is 1. The molecule has 1 aromatic carbocycles. The Labute approximate surface area is 163 Å². The van der Waals surface area contributed by atoms with Crippen LogP contribution in [-0.4, -0.2) is 23.3 Å². The van der Waals surface area contributed by atoms with E-state index in [1.807, 2.05) is 13.0 Å². The molecule has 0 aromatic heterocycles. The molecule has 4 saturated carbocycles. The molecule has 4 aliphatic rings. The molecule has 0 saturated heterocycles. The zero-order valence-corrected chi connectivity index (χ0v) is 17.0. The highest BCUT2D eigenvalue weighted by Gasteiger charge is 2.57. The number of carbonyl (C=O) groups is 2. The van der Waals surface area contributed by atoms with Gasteiger partial charge >= 0.3 is 5.97 Å². The number of rotatable bonds is 4. The van der Waals surface area contributed by atoms with Gasteiger partial charge in [-0.2, -0.15) is 0 Å². The van der Waals surface area contributed by atoms with Crippen LogP contribution in [0.2, 0.25) is 0 Å². The minimum Gasteiger partial charge on any atom is -0.465 e. The summed E-state index contributed by atoms with van der Waals surface area (Å²) in [5.41, 5.74) is 2.26. The van der Waals surface area contributed by atoms with Gasteiger partial charge in [-0.1, -0.05) is 22.0 Å². The van der Waals surface area contributed by atoms with Crippen LogP contribution in [0.4, 0.5) is 5.69 Å². The molecular weight excluding hydrogens is 394 g/mol. The topological polar surface area (TPSA) is 55.4 Å². The molecule has 4 nitrogen and oxygen atoms in total. The van der Waals surface area contributed by atoms with Crippen molar-refractivity contribution >= 4 is 33.5 Å². The highest BCUT2D eigenvalue weighted by Crippen LogP contribution is 2.65. The number of anilines is 1. The normalized spacial score (nSPS) is 34.6. The minimum atomic E-state index is -0.386. The predicted molar refractivity (Wildman–Crippen MR) is 105 cm³/mol. The molecule has 1 aromatic rings. The number of carbonyl (C=O) groups excluding carboxylic acids is 2. The fourth-order valence-corrected chi connectivity index (χ4v) is 7.59. The van der Waals surface area contributed by atoms with Crippen molar-refractivity contribution in [3.8, 4) is 0 Å². The minimum absolute atomic E-state index is 0.0631. The number of nitrogens with one attached hydrogen (secondary N) is 1. The third-order valence-corrected chi connectivity index (χ3v) is 7.51. The molecule has 5 rings (SSSR count). The Morgan fingerprint density at radius 2 is 1.92 bits per heavy atom. The maximum Gasteiger partial charge on any atom is 0.337 e. The van der Waals surface area contributed by atoms with Crippen LogP contribution in [-0.2, 0) is 9.53 Å². The summed E-state index contributed by atoms with van der Waals surface area (Å²) in [6.07, 6.45) is 7.95. The number of halogens is 1. The molecule has 1 amide bonds. The summed E-state index contributed by atoms with van der Waals surface area (Å²) >= 11 is 4.01. The van der Waals surface area contributed by atoms with Gasteiger partial charge in [-0.25, -0.2) is 4.79 Å². The lowest BCUT2D eigenvalue weighted by Crippen LogP contribution is -2.53. The van der Waals surface area contributed by atoms with Crippen LogP contribution < -0.4 is 5.32 Å². The van der Waals surface area contributed by atoms with E-state index < -0.39 is 0 Å². The van der Waals surface area contributed by atoms with Crippen LogP contribution in [0.3, 0.4) is 0 Å². The molecule has 0 spiro atoms. The average molecular weight is 420 g/mol. The zero-order chi connectivity index (χ0) is 18.5. The lowest BCUT2D eigenvalue weighted by atomic mass is 9.48. The van der Waals surface area contributed by atoms with E-state index in [0.29, 0.717) is 17.7 Å². The fourth-order valence-electron chi connectivity index (χ4n) is 6.08. The Bertz CT molecular complexity index is 746. The molecule has 4 fully saturated rings. The van der Waals surface area contributed by atoms with Gasteiger partial charge in [-0.3, -0.25) is 4.79 Å². The van der Waals surface area contributed by atoms with Crippen molar-refractivity contribution in [1.29, 1.82) is 0 Å². The van der Waals surface area contributed by atoms with Crippen molar-refractivity contribution in [2.24, 2.45) is 17.3 Å². The molecule has 4 aliphatic carbocycles. The molecule has 5 heteroatoms. The Morgan fingerprint density at radius 3 is 2.54 bits per heavy atom. The van der Waals surface area contributed by atoms with Crippen LogP contribution in [0.15, 0.2) is 18.2 Å². The van der Waals surface area contributed by atoms with E-state index in [1.54, 1.807) is 12.1 Å². The van der Waals surface area contributed by atoms with Gasteiger partial charge in [0.15, 0.2) is 0 Å². The second-order valence-corrected chi connectivity index (χ2v) is 10.5. The third-order valence-electron chi connectivity index (χ3n) is 6.58. The second kappa shape index (κ2) is 6.36. The van der Waals surface area contributed by atoms with E-state index in [-0.39, 0.29) is 21.6 Å². The molecular formula is C21H26BrNO3. The van der Waals surface area contributed by atoms with E-state index in [2.05, 4.69) is 21.2 Å². The molecule has 0 aliphatic heterocycles. The van der Waals surface area contributed by atoms with E-state index in [1.165, 1.54) is 39.2 Å². The first-order valence-electron chi connectivity index (χ1n) is 9.48. The van der Waals surface area contributed by atoms with Crippen LogP contribution in [0.25, 0.3) is 0 Å². The zero-order valence-electron chi connectivity index (χ0n) is 15.4. The molecule has 2 atom stereocenters. The number of alkyl halides is 1. The lowest BCUT2D eigenvalue weighted by molar-refractivity contribution is -0.123. The number of hydrogen-bond donors (Lipinski definition) is 1. The number of benzene rings is 1. The standard InChI is InChI=1S/C21H26BrNO3/c1-13-3-4-16(19(25)26-2)6-17(13)23-18(24)11-20-7-14-5-15(8-20)10-21(22,9-14)12-20/h3-4,6,14-15H,5,7-12H2,1-2H3,(H,23,24). The molecule has 140 valence electrons. The second-order valence-electron chi connectivity index (χ2n) is 8.86. The largest absolute Gasteiger partial charge is 0.465 e. The van der Waals surface area contributed by atoms with Crippen molar-refractivity contribution in [2.75, 3.05) is 12.4 Å². The molecule has 1 N–H and O–H groups in total. The van der Waals surface area contributed by atoms with E-state index in [9.17, 15) is 9.59 Å². The van der Waals surface area contributed by atoms with Gasteiger partial charge in [-0.15, -0.1) is 0 Å². The summed E-state index contributed by atoms with van der Waals surface area (Å²) in [4.78, 5) is 24.6. The highest BCUT2D eigenvalue weighted by molar-refractivity contribution is 9.10. The lowest BCUT2D eigenvalue weighted by Gasteiger charge is -2.60. The Morgan fingerprint density at radius 1 is 1.23 bits per heavy atom. The van der Waals surface area contributed by atoms with E-state index in [4.69, 9.17) is 4.74 Å². The first-order chi connectivity index (χ1) is 12.3. The van der Waals surface area contributed by atoms with Gasteiger partial charge in [0.25, 0.3) is 0 Å². The summed E-state index contributed by atoms with van der Waals surface area (Å²) in [5, 5.41) is 3.06. The first-order valence-corrected chi connectivity index (χ1v) is 10.3. The molecule has 0 radical (unpaired) electrons. The average Bonchev–Trinajstić information content (AvgIpc) is 2.53. The van der Waals surface area contributed by atoms with Crippen LogP contribution >= 0.6 is 15.9 Å². The molecule has 0 heterocycles. The van der Waals surface area contributed by atoms with Gasteiger partial charge in [0.2, 0.25) is 5.91 Å². The third kappa shape index (κ3) is 3.30. The molecule has 26 heavy (non-hydrogen) atoms. The summed E-state index contributed by atoms with van der Waals surface area (Å²) in [5.74, 6) is 1.22. The first kappa shape index (κ1) is 18.0. The number of aryl methyl sites for hydroxylation is 1. The van der Waals surface area contributed by atoms with Gasteiger partial charge < -0.3 is 10.1 Å². The Balaban J connectivity index is 1.49. The number of hydrogen-bond acceptors (Lipinski definition) is 3. The van der Waals surface area contributed by atoms with Crippen molar-refractivity contribution in [3.05, 3.63) is 29.3 Å². The van der Waals surface area contributed by atoms with Crippen molar-refractivity contribution in [3.63, 3.8) is 0 Å². The van der Waals surface area contributed by atoms with Gasteiger partial charge in [0.05, 0.1) is 12.7 Å². The van der Waals surface area contributed by atoms with Gasteiger partial charge in [-0.05, 0) is 80.4 Å². The molecule has 4 bridgehead atoms. The van der Waals surface area contributed by atoms with Gasteiger partial charge in [0.1, 0.15) is 0 Å². The van der Waals surface area contributed by atoms with Crippen LogP contribution in [0.1, 0.15) is 60.9 Å². The predicted octanol–water partition coefficient (Wildman–Crippen LogP) is 4.84. The Kier molecular flexibility index (Phi) is 4.41. The summed E-state index contributed by atoms with van der Waals surface area (Å²) < 4.78 is 5.04.